The molecule has 1 unspecified atom stereocenters. The van der Waals surface area contributed by atoms with Crippen LogP contribution < -0.4 is 16.4 Å². The first-order valence-electron chi connectivity index (χ1n) is 4.72. The maximum Gasteiger partial charge on any atom is 0.312 e. The minimum absolute atomic E-state index is 0.0988. The van der Waals surface area contributed by atoms with Crippen LogP contribution in [0.5, 0.6) is 0 Å². The van der Waals surface area contributed by atoms with Crippen LogP contribution in [0.25, 0.3) is 0 Å². The molecule has 3 amide bonds. The smallest absolute Gasteiger partial charge is 0.312 e. The topological polar surface area (TPSA) is 84.2 Å². The summed E-state index contributed by atoms with van der Waals surface area (Å²) < 4.78 is 12.8. The SMILES string of the molecule is CC(NC(N)=O)C(=O)Nc1ccc(F)c(Cl)c1. The van der Waals surface area contributed by atoms with Gasteiger partial charge in [-0.05, 0) is 25.1 Å². The van der Waals surface area contributed by atoms with Gasteiger partial charge in [-0.25, -0.2) is 9.18 Å². The number of nitrogens with one attached hydrogen (secondary N) is 2. The van der Waals surface area contributed by atoms with Crippen molar-refractivity contribution >= 4 is 29.2 Å². The summed E-state index contributed by atoms with van der Waals surface area (Å²) in [7, 11) is 0. The molecule has 92 valence electrons. The van der Waals surface area contributed by atoms with Crippen molar-refractivity contribution < 1.29 is 14.0 Å². The highest BCUT2D eigenvalue weighted by Crippen LogP contribution is 2.19. The van der Waals surface area contributed by atoms with Crippen LogP contribution in [-0.2, 0) is 4.79 Å². The van der Waals surface area contributed by atoms with E-state index in [2.05, 4.69) is 10.6 Å². The standard InChI is InChI=1S/C10H11ClFN3O2/c1-5(14-10(13)17)9(16)15-6-2-3-8(12)7(11)4-6/h2-5H,1H3,(H,15,16)(H3,13,14,17). The Morgan fingerprint density at radius 3 is 2.65 bits per heavy atom. The fourth-order valence-electron chi connectivity index (χ4n) is 1.10. The van der Waals surface area contributed by atoms with E-state index in [0.29, 0.717) is 5.69 Å². The molecule has 4 N–H and O–H groups in total. The monoisotopic (exact) mass is 259 g/mol. The van der Waals surface area contributed by atoms with E-state index in [-0.39, 0.29) is 5.02 Å². The summed E-state index contributed by atoms with van der Waals surface area (Å²) in [4.78, 5) is 22.1. The van der Waals surface area contributed by atoms with E-state index in [9.17, 15) is 14.0 Å². The lowest BCUT2D eigenvalue weighted by molar-refractivity contribution is -0.117. The van der Waals surface area contributed by atoms with Gasteiger partial charge >= 0.3 is 6.03 Å². The summed E-state index contributed by atoms with van der Waals surface area (Å²) in [5.41, 5.74) is 5.20. The number of rotatable bonds is 3. The van der Waals surface area contributed by atoms with Crippen molar-refractivity contribution in [1.82, 2.24) is 5.32 Å². The predicted octanol–water partition coefficient (Wildman–Crippen LogP) is 1.47. The normalized spacial score (nSPS) is 11.7. The number of nitrogens with two attached hydrogens (primary N) is 1. The zero-order valence-corrected chi connectivity index (χ0v) is 9.72. The number of benzene rings is 1. The Hall–Kier alpha value is -1.82. The van der Waals surface area contributed by atoms with Crippen LogP contribution in [0.15, 0.2) is 18.2 Å². The predicted molar refractivity (Wildman–Crippen MR) is 62.2 cm³/mol. The molecule has 0 radical (unpaired) electrons. The van der Waals surface area contributed by atoms with Gasteiger partial charge in [0.05, 0.1) is 5.02 Å². The molecule has 0 spiro atoms. The number of urea groups is 1. The summed E-state index contributed by atoms with van der Waals surface area (Å²) in [6.45, 7) is 1.46. The molecular weight excluding hydrogens is 249 g/mol. The second-order valence-corrected chi connectivity index (χ2v) is 3.76. The Kier molecular flexibility index (Phi) is 4.28. The molecule has 1 aromatic carbocycles. The van der Waals surface area contributed by atoms with Crippen LogP contribution in [-0.4, -0.2) is 18.0 Å². The maximum atomic E-state index is 12.8. The number of anilines is 1. The molecule has 0 saturated heterocycles. The summed E-state index contributed by atoms with van der Waals surface area (Å²) in [6, 6.07) is 2.16. The van der Waals surface area contributed by atoms with Crippen LogP contribution in [0.2, 0.25) is 5.02 Å². The third kappa shape index (κ3) is 3.92. The lowest BCUT2D eigenvalue weighted by Crippen LogP contribution is -2.44. The molecule has 1 rings (SSSR count). The molecule has 0 aliphatic rings. The number of hydrogen-bond acceptors (Lipinski definition) is 2. The quantitative estimate of drug-likeness (QED) is 0.768. The fraction of sp³-hybridized carbons (Fsp3) is 0.200. The molecule has 1 aromatic rings. The van der Waals surface area contributed by atoms with Gasteiger partial charge in [-0.3, -0.25) is 4.79 Å². The van der Waals surface area contributed by atoms with Gasteiger partial charge in [0.25, 0.3) is 0 Å². The van der Waals surface area contributed by atoms with Crippen molar-refractivity contribution in [1.29, 1.82) is 0 Å². The molecule has 0 saturated carbocycles. The summed E-state index contributed by atoms with van der Waals surface area (Å²) in [5.74, 6) is -1.06. The van der Waals surface area contributed by atoms with Crippen molar-refractivity contribution in [2.45, 2.75) is 13.0 Å². The van der Waals surface area contributed by atoms with Gasteiger partial charge in [0, 0.05) is 5.69 Å². The molecule has 1 atom stereocenters. The number of hydrogen-bond donors (Lipinski definition) is 3. The van der Waals surface area contributed by atoms with E-state index in [1.807, 2.05) is 0 Å². The Morgan fingerprint density at radius 2 is 2.12 bits per heavy atom. The lowest BCUT2D eigenvalue weighted by Gasteiger charge is -2.12. The molecule has 0 aliphatic carbocycles. The second-order valence-electron chi connectivity index (χ2n) is 3.35. The number of amides is 3. The van der Waals surface area contributed by atoms with Crippen molar-refractivity contribution in [3.05, 3.63) is 29.0 Å². The summed E-state index contributed by atoms with van der Waals surface area (Å²) >= 11 is 5.55. The van der Waals surface area contributed by atoms with Crippen LogP contribution in [0.4, 0.5) is 14.9 Å². The van der Waals surface area contributed by atoms with Crippen molar-refractivity contribution in [3.8, 4) is 0 Å². The van der Waals surface area contributed by atoms with Crippen LogP contribution >= 0.6 is 11.6 Å². The van der Waals surface area contributed by atoms with Crippen molar-refractivity contribution in [3.63, 3.8) is 0 Å². The first kappa shape index (κ1) is 13.2. The molecule has 17 heavy (non-hydrogen) atoms. The highest BCUT2D eigenvalue weighted by molar-refractivity contribution is 6.31. The molecule has 0 heterocycles. The third-order valence-corrected chi connectivity index (χ3v) is 2.23. The Labute approximate surface area is 102 Å². The minimum Gasteiger partial charge on any atom is -0.352 e. The van der Waals surface area contributed by atoms with E-state index >= 15 is 0 Å². The average molecular weight is 260 g/mol. The van der Waals surface area contributed by atoms with Crippen LogP contribution in [0.3, 0.4) is 0 Å². The van der Waals surface area contributed by atoms with Crippen molar-refractivity contribution in [2.75, 3.05) is 5.32 Å². The Bertz CT molecular complexity index is 453. The van der Waals surface area contributed by atoms with E-state index in [1.54, 1.807) is 0 Å². The summed E-state index contributed by atoms with van der Waals surface area (Å²) in [6.07, 6.45) is 0. The van der Waals surface area contributed by atoms with Gasteiger partial charge in [0.2, 0.25) is 5.91 Å². The highest BCUT2D eigenvalue weighted by Gasteiger charge is 2.14. The lowest BCUT2D eigenvalue weighted by atomic mass is 10.2. The minimum atomic E-state index is -0.801. The maximum absolute atomic E-state index is 12.8. The van der Waals surface area contributed by atoms with Gasteiger partial charge < -0.3 is 16.4 Å². The average Bonchev–Trinajstić information content (AvgIpc) is 2.22. The molecule has 0 aromatic heterocycles. The van der Waals surface area contributed by atoms with E-state index in [4.69, 9.17) is 17.3 Å². The van der Waals surface area contributed by atoms with E-state index < -0.39 is 23.8 Å². The summed E-state index contributed by atoms with van der Waals surface area (Å²) in [5, 5.41) is 4.56. The van der Waals surface area contributed by atoms with E-state index in [1.165, 1.54) is 19.1 Å². The molecule has 5 nitrogen and oxygen atoms in total. The van der Waals surface area contributed by atoms with Crippen LogP contribution in [0.1, 0.15) is 6.92 Å². The Balaban J connectivity index is 2.67. The molecular formula is C10H11ClFN3O2. The molecule has 0 fully saturated rings. The number of halogens is 2. The third-order valence-electron chi connectivity index (χ3n) is 1.94. The van der Waals surface area contributed by atoms with Gasteiger partial charge in [0.1, 0.15) is 11.9 Å². The van der Waals surface area contributed by atoms with Crippen molar-refractivity contribution in [2.24, 2.45) is 5.73 Å². The van der Waals surface area contributed by atoms with Gasteiger partial charge in [-0.15, -0.1) is 0 Å². The molecule has 7 heteroatoms. The fourth-order valence-corrected chi connectivity index (χ4v) is 1.28. The van der Waals surface area contributed by atoms with Gasteiger partial charge in [-0.2, -0.15) is 0 Å². The number of primary amides is 1. The van der Waals surface area contributed by atoms with Crippen LogP contribution in [0, 0.1) is 5.82 Å². The first-order chi connectivity index (χ1) is 7.90. The second kappa shape index (κ2) is 5.49. The first-order valence-corrected chi connectivity index (χ1v) is 5.10. The molecule has 0 aliphatic heterocycles. The number of carbonyl (C=O) groups is 2. The zero-order chi connectivity index (χ0) is 13.0. The van der Waals surface area contributed by atoms with E-state index in [0.717, 1.165) is 6.07 Å². The van der Waals surface area contributed by atoms with Gasteiger partial charge in [-0.1, -0.05) is 11.6 Å². The number of carbonyl (C=O) groups excluding carboxylic acids is 2. The highest BCUT2D eigenvalue weighted by atomic mass is 35.5. The van der Waals surface area contributed by atoms with Gasteiger partial charge in [0.15, 0.2) is 0 Å². The zero-order valence-electron chi connectivity index (χ0n) is 8.96. The Morgan fingerprint density at radius 1 is 1.47 bits per heavy atom. The largest absolute Gasteiger partial charge is 0.352 e. The molecule has 0 bridgehead atoms.